The predicted octanol–water partition coefficient (Wildman–Crippen LogP) is 3.60. The summed E-state index contributed by atoms with van der Waals surface area (Å²) in [6.07, 6.45) is 0.361. The van der Waals surface area contributed by atoms with Gasteiger partial charge in [-0.2, -0.15) is 13.2 Å². The van der Waals surface area contributed by atoms with Gasteiger partial charge in [-0.25, -0.2) is 4.98 Å². The average molecular weight is 288 g/mol. The molecule has 0 saturated carbocycles. The highest BCUT2D eigenvalue weighted by Gasteiger charge is 2.37. The van der Waals surface area contributed by atoms with Crippen LogP contribution in [0.15, 0.2) is 17.2 Å². The summed E-state index contributed by atoms with van der Waals surface area (Å²) in [5, 5.41) is 0. The molecule has 0 bridgehead atoms. The number of nitrogens with zero attached hydrogens (tertiary/aromatic N) is 1. The standard InChI is InChI=1S/C8H11F3N2S3/c1-16(2,14)15-5-3-4-13-7(12)6(5)8(9,10)11/h3-4,14H,1-2H3,(H2,12,13). The first-order valence-corrected chi connectivity index (χ1v) is 8.91. The number of alkyl halides is 3. The second kappa shape index (κ2) is 4.58. The number of anilines is 1. The average Bonchev–Trinajstić information content (AvgIpc) is 1.97. The summed E-state index contributed by atoms with van der Waals surface area (Å²) in [5.74, 6) is -0.491. The minimum atomic E-state index is -4.49. The second-order valence-electron chi connectivity index (χ2n) is 3.33. The molecule has 0 aliphatic carbocycles. The van der Waals surface area contributed by atoms with Crippen molar-refractivity contribution in [1.82, 2.24) is 4.98 Å². The Kier molecular flexibility index (Phi) is 3.96. The Morgan fingerprint density at radius 1 is 1.44 bits per heavy atom. The maximum atomic E-state index is 12.7. The largest absolute Gasteiger partial charge is 0.421 e. The Morgan fingerprint density at radius 2 is 2.00 bits per heavy atom. The lowest BCUT2D eigenvalue weighted by molar-refractivity contribution is -0.139. The molecule has 1 rings (SSSR count). The summed E-state index contributed by atoms with van der Waals surface area (Å²) in [6.45, 7) is 0. The third-order valence-corrected chi connectivity index (χ3v) is 4.88. The molecule has 0 atom stereocenters. The van der Waals surface area contributed by atoms with Gasteiger partial charge < -0.3 is 5.73 Å². The van der Waals surface area contributed by atoms with Crippen molar-refractivity contribution < 1.29 is 13.2 Å². The molecule has 0 aliphatic rings. The van der Waals surface area contributed by atoms with E-state index in [4.69, 9.17) is 5.73 Å². The molecule has 2 N–H and O–H groups in total. The smallest absolute Gasteiger partial charge is 0.383 e. The van der Waals surface area contributed by atoms with E-state index in [1.165, 1.54) is 12.3 Å². The van der Waals surface area contributed by atoms with E-state index in [-0.39, 0.29) is 4.90 Å². The molecule has 1 aromatic rings. The highest BCUT2D eigenvalue weighted by Crippen LogP contribution is 2.62. The van der Waals surface area contributed by atoms with Crippen LogP contribution in [0.2, 0.25) is 0 Å². The van der Waals surface area contributed by atoms with E-state index in [0.717, 1.165) is 10.8 Å². The number of nitrogen functional groups attached to an aromatic ring is 1. The first-order valence-electron chi connectivity index (χ1n) is 4.08. The minimum absolute atomic E-state index is 0.0787. The first kappa shape index (κ1) is 13.9. The number of aromatic nitrogens is 1. The van der Waals surface area contributed by atoms with Crippen molar-refractivity contribution in [3.8, 4) is 0 Å². The number of pyridine rings is 1. The fraction of sp³-hybridized carbons (Fsp3) is 0.375. The fourth-order valence-electron chi connectivity index (χ4n) is 1.03. The van der Waals surface area contributed by atoms with Gasteiger partial charge in [-0.05, 0) is 18.6 Å². The Hall–Kier alpha value is -0.210. The molecular formula is C8H11F3N2S3. The van der Waals surface area contributed by atoms with Crippen LogP contribution in [-0.2, 0) is 6.18 Å². The van der Waals surface area contributed by atoms with Crippen LogP contribution in [0.5, 0.6) is 0 Å². The van der Waals surface area contributed by atoms with E-state index < -0.39 is 25.6 Å². The number of nitrogens with two attached hydrogens (primary N) is 1. The lowest BCUT2D eigenvalue weighted by atomic mass is 10.2. The number of hydrogen-bond donors (Lipinski definition) is 2. The van der Waals surface area contributed by atoms with Gasteiger partial charge in [-0.1, -0.05) is 10.8 Å². The third kappa shape index (κ3) is 3.67. The van der Waals surface area contributed by atoms with Crippen LogP contribution in [-0.4, -0.2) is 17.5 Å². The van der Waals surface area contributed by atoms with Crippen molar-refractivity contribution in [1.29, 1.82) is 0 Å². The van der Waals surface area contributed by atoms with Gasteiger partial charge in [0.2, 0.25) is 0 Å². The molecule has 92 valence electrons. The number of halogens is 3. The number of hydrogen-bond acceptors (Lipinski definition) is 4. The van der Waals surface area contributed by atoms with Gasteiger partial charge in [-0.15, -0.1) is 19.8 Å². The third-order valence-electron chi connectivity index (χ3n) is 1.52. The summed E-state index contributed by atoms with van der Waals surface area (Å²) >= 11 is 4.26. The SMILES string of the molecule is CS(C)(S)Sc1ccnc(N)c1C(F)(F)F. The van der Waals surface area contributed by atoms with Gasteiger partial charge in [0.1, 0.15) is 11.4 Å². The van der Waals surface area contributed by atoms with Gasteiger partial charge in [0.15, 0.2) is 0 Å². The van der Waals surface area contributed by atoms with Crippen molar-refractivity contribution >= 4 is 36.4 Å². The topological polar surface area (TPSA) is 38.9 Å². The maximum absolute atomic E-state index is 12.7. The van der Waals surface area contributed by atoms with E-state index in [1.54, 1.807) is 12.5 Å². The van der Waals surface area contributed by atoms with Crippen LogP contribution >= 0.6 is 30.5 Å². The van der Waals surface area contributed by atoms with E-state index in [0.29, 0.717) is 0 Å². The Morgan fingerprint density at radius 3 is 2.44 bits per heavy atom. The first-order chi connectivity index (χ1) is 7.11. The van der Waals surface area contributed by atoms with Gasteiger partial charge >= 0.3 is 6.18 Å². The molecule has 0 aliphatic heterocycles. The zero-order chi connectivity index (χ0) is 12.6. The number of rotatable bonds is 2. The predicted molar refractivity (Wildman–Crippen MR) is 67.9 cm³/mol. The van der Waals surface area contributed by atoms with Crippen LogP contribution in [0.25, 0.3) is 0 Å². The fourth-order valence-corrected chi connectivity index (χ4v) is 4.35. The van der Waals surface area contributed by atoms with Crippen molar-refractivity contribution in [3.63, 3.8) is 0 Å². The van der Waals surface area contributed by atoms with Gasteiger partial charge in [0.05, 0.1) is 0 Å². The van der Waals surface area contributed by atoms with Crippen LogP contribution in [0.3, 0.4) is 0 Å². The van der Waals surface area contributed by atoms with Crippen LogP contribution in [0.4, 0.5) is 19.0 Å². The molecule has 0 amide bonds. The van der Waals surface area contributed by atoms with Crippen LogP contribution < -0.4 is 5.73 Å². The number of thiol groups is 1. The zero-order valence-electron chi connectivity index (χ0n) is 8.58. The summed E-state index contributed by atoms with van der Waals surface area (Å²) in [4.78, 5) is 3.54. The Balaban J connectivity index is 3.24. The summed E-state index contributed by atoms with van der Waals surface area (Å²) in [5.41, 5.74) is 4.40. The minimum Gasteiger partial charge on any atom is -0.383 e. The quantitative estimate of drug-likeness (QED) is 0.645. The van der Waals surface area contributed by atoms with E-state index in [2.05, 4.69) is 16.6 Å². The monoisotopic (exact) mass is 288 g/mol. The van der Waals surface area contributed by atoms with E-state index in [1.807, 2.05) is 0 Å². The summed E-state index contributed by atoms with van der Waals surface area (Å²) < 4.78 is 38.2. The maximum Gasteiger partial charge on any atom is 0.421 e. The highest BCUT2D eigenvalue weighted by atomic mass is 33.5. The van der Waals surface area contributed by atoms with Crippen molar-refractivity contribution in [3.05, 3.63) is 17.8 Å². The normalized spacial score (nSPS) is 13.9. The van der Waals surface area contributed by atoms with Crippen LogP contribution in [0, 0.1) is 0 Å². The summed E-state index contributed by atoms with van der Waals surface area (Å²) in [7, 11) is -0.373. The molecule has 0 radical (unpaired) electrons. The Bertz CT molecular complexity index is 387. The second-order valence-corrected chi connectivity index (χ2v) is 12.8. The molecule has 1 aromatic heterocycles. The summed E-state index contributed by atoms with van der Waals surface area (Å²) in [6, 6.07) is 1.31. The van der Waals surface area contributed by atoms with Crippen molar-refractivity contribution in [2.45, 2.75) is 11.1 Å². The molecule has 0 unspecified atom stereocenters. The van der Waals surface area contributed by atoms with Gasteiger partial charge in [0.25, 0.3) is 0 Å². The van der Waals surface area contributed by atoms with E-state index in [9.17, 15) is 13.2 Å². The molecule has 0 fully saturated rings. The van der Waals surface area contributed by atoms with Gasteiger partial charge in [0, 0.05) is 11.1 Å². The molecule has 0 aromatic carbocycles. The highest BCUT2D eigenvalue weighted by molar-refractivity contribution is 9.21. The van der Waals surface area contributed by atoms with Gasteiger partial charge in [-0.3, -0.25) is 0 Å². The Labute approximate surface area is 102 Å². The molecule has 0 spiro atoms. The lowest BCUT2D eigenvalue weighted by Crippen LogP contribution is -2.12. The van der Waals surface area contributed by atoms with Crippen molar-refractivity contribution in [2.75, 3.05) is 18.2 Å². The zero-order valence-corrected chi connectivity index (χ0v) is 11.1. The molecule has 2 nitrogen and oxygen atoms in total. The van der Waals surface area contributed by atoms with Crippen LogP contribution in [0.1, 0.15) is 5.56 Å². The van der Waals surface area contributed by atoms with E-state index >= 15 is 0 Å². The molecular weight excluding hydrogens is 277 g/mol. The molecule has 1 heterocycles. The molecule has 8 heteroatoms. The lowest BCUT2D eigenvalue weighted by Gasteiger charge is -2.24. The molecule has 16 heavy (non-hydrogen) atoms. The molecule has 0 saturated heterocycles. The van der Waals surface area contributed by atoms with Crippen molar-refractivity contribution in [2.24, 2.45) is 0 Å².